The minimum atomic E-state index is -0.278. The Labute approximate surface area is 128 Å². The number of carbonyl (C=O) groups is 1. The highest BCUT2D eigenvalue weighted by molar-refractivity contribution is 5.91. The minimum Gasteiger partial charge on any atom is -0.464 e. The normalized spacial score (nSPS) is 10.7. The molecule has 7 nitrogen and oxygen atoms in total. The minimum absolute atomic E-state index is 0.210. The van der Waals surface area contributed by atoms with Crippen molar-refractivity contribution in [1.82, 2.24) is 14.7 Å². The molecule has 0 N–H and O–H groups in total. The van der Waals surface area contributed by atoms with E-state index < -0.39 is 0 Å². The maximum Gasteiger partial charge on any atom is 0.274 e. The Morgan fingerprint density at radius 1 is 1.36 bits per heavy atom. The van der Waals surface area contributed by atoms with E-state index in [0.717, 1.165) is 5.76 Å². The van der Waals surface area contributed by atoms with Gasteiger partial charge in [-0.15, -0.1) is 0 Å². The molecular weight excluding hydrogens is 286 g/mol. The molecule has 22 heavy (non-hydrogen) atoms. The summed E-state index contributed by atoms with van der Waals surface area (Å²) in [5, 5.41) is 4.08. The third kappa shape index (κ3) is 3.82. The summed E-state index contributed by atoms with van der Waals surface area (Å²) in [6, 6.07) is 6.43. The van der Waals surface area contributed by atoms with E-state index in [9.17, 15) is 9.59 Å². The molecule has 0 aliphatic heterocycles. The Hall–Kier alpha value is -2.41. The topological polar surface area (TPSA) is 77.6 Å². The van der Waals surface area contributed by atoms with Gasteiger partial charge in [-0.1, -0.05) is 0 Å². The molecule has 2 rings (SSSR count). The van der Waals surface area contributed by atoms with Crippen molar-refractivity contribution in [3.63, 3.8) is 0 Å². The molecule has 0 saturated carbocycles. The van der Waals surface area contributed by atoms with Gasteiger partial charge in [0, 0.05) is 20.2 Å². The van der Waals surface area contributed by atoms with Crippen molar-refractivity contribution in [2.24, 2.45) is 0 Å². The molecule has 0 fully saturated rings. The molecule has 0 radical (unpaired) electrons. The van der Waals surface area contributed by atoms with Crippen LogP contribution in [0.15, 0.2) is 33.5 Å². The molecule has 0 bridgehead atoms. The zero-order valence-electron chi connectivity index (χ0n) is 12.9. The van der Waals surface area contributed by atoms with E-state index in [1.54, 1.807) is 14.2 Å². The molecule has 7 heteroatoms. The lowest BCUT2D eigenvalue weighted by molar-refractivity contribution is 0.0765. The SMILES string of the molecule is COCCn1nc(C(=O)N(C)Cc2ccc(C)o2)ccc1=O. The second kappa shape index (κ2) is 7.04. The van der Waals surface area contributed by atoms with E-state index >= 15 is 0 Å². The first-order chi connectivity index (χ1) is 10.5. The highest BCUT2D eigenvalue weighted by Crippen LogP contribution is 2.10. The predicted octanol–water partition coefficient (Wildman–Crippen LogP) is 1.06. The fourth-order valence-electron chi connectivity index (χ4n) is 1.97. The van der Waals surface area contributed by atoms with Crippen LogP contribution in [0, 0.1) is 6.92 Å². The number of methoxy groups -OCH3 is 1. The summed E-state index contributed by atoms with van der Waals surface area (Å²) in [7, 11) is 3.20. The lowest BCUT2D eigenvalue weighted by Crippen LogP contribution is -2.31. The van der Waals surface area contributed by atoms with Crippen molar-refractivity contribution in [1.29, 1.82) is 0 Å². The van der Waals surface area contributed by atoms with E-state index in [2.05, 4.69) is 5.10 Å². The van der Waals surface area contributed by atoms with Crippen molar-refractivity contribution >= 4 is 5.91 Å². The maximum absolute atomic E-state index is 12.4. The summed E-state index contributed by atoms with van der Waals surface area (Å²) < 4.78 is 11.6. The summed E-state index contributed by atoms with van der Waals surface area (Å²) in [5.74, 6) is 1.21. The molecule has 0 atom stereocenters. The number of carbonyl (C=O) groups excluding carboxylic acids is 1. The number of hydrogen-bond donors (Lipinski definition) is 0. The van der Waals surface area contributed by atoms with Crippen LogP contribution in [-0.2, 0) is 17.8 Å². The molecule has 0 aromatic carbocycles. The van der Waals surface area contributed by atoms with E-state index in [0.29, 0.717) is 25.5 Å². The Morgan fingerprint density at radius 3 is 2.77 bits per heavy atom. The summed E-state index contributed by atoms with van der Waals surface area (Å²) >= 11 is 0. The quantitative estimate of drug-likeness (QED) is 0.797. The van der Waals surface area contributed by atoms with E-state index in [1.165, 1.54) is 21.7 Å². The highest BCUT2D eigenvalue weighted by Gasteiger charge is 2.16. The monoisotopic (exact) mass is 305 g/mol. The predicted molar refractivity (Wildman–Crippen MR) is 79.6 cm³/mol. The number of ether oxygens (including phenoxy) is 1. The Bertz CT molecular complexity index is 705. The van der Waals surface area contributed by atoms with Crippen LogP contribution in [0.1, 0.15) is 22.0 Å². The number of amides is 1. The van der Waals surface area contributed by atoms with E-state index in [1.807, 2.05) is 19.1 Å². The molecule has 0 unspecified atom stereocenters. The number of hydrogen-bond acceptors (Lipinski definition) is 5. The van der Waals surface area contributed by atoms with E-state index in [-0.39, 0.29) is 17.2 Å². The van der Waals surface area contributed by atoms with Gasteiger partial charge in [0.2, 0.25) is 0 Å². The van der Waals surface area contributed by atoms with Crippen molar-refractivity contribution in [2.45, 2.75) is 20.0 Å². The molecule has 2 aromatic rings. The average molecular weight is 305 g/mol. The zero-order valence-corrected chi connectivity index (χ0v) is 12.9. The molecular formula is C15H19N3O4. The van der Waals surface area contributed by atoms with Gasteiger partial charge in [-0.2, -0.15) is 5.10 Å². The second-order valence-corrected chi connectivity index (χ2v) is 4.95. The van der Waals surface area contributed by atoms with Crippen LogP contribution in [0.2, 0.25) is 0 Å². The number of nitrogens with zero attached hydrogens (tertiary/aromatic N) is 3. The van der Waals surface area contributed by atoms with Crippen LogP contribution in [-0.4, -0.2) is 41.4 Å². The van der Waals surface area contributed by atoms with Crippen molar-refractivity contribution < 1.29 is 13.9 Å². The summed E-state index contributed by atoms with van der Waals surface area (Å²) in [4.78, 5) is 25.5. The first kappa shape index (κ1) is 16.0. The van der Waals surface area contributed by atoms with Crippen molar-refractivity contribution in [3.8, 4) is 0 Å². The number of aryl methyl sites for hydroxylation is 1. The largest absolute Gasteiger partial charge is 0.464 e. The van der Waals surface area contributed by atoms with Gasteiger partial charge in [-0.25, -0.2) is 4.68 Å². The second-order valence-electron chi connectivity index (χ2n) is 4.95. The van der Waals surface area contributed by atoms with Gasteiger partial charge in [0.25, 0.3) is 11.5 Å². The van der Waals surface area contributed by atoms with Gasteiger partial charge in [-0.05, 0) is 25.1 Å². The molecule has 2 aromatic heterocycles. The number of rotatable bonds is 6. The standard InChI is InChI=1S/C15H19N3O4/c1-11-4-5-12(22-11)10-17(2)15(20)13-6-7-14(19)18(16-13)8-9-21-3/h4-7H,8-10H2,1-3H3. The molecule has 118 valence electrons. The number of furan rings is 1. The maximum atomic E-state index is 12.4. The van der Waals surface area contributed by atoms with Crippen LogP contribution in [0.5, 0.6) is 0 Å². The van der Waals surface area contributed by atoms with Crippen LogP contribution in [0.25, 0.3) is 0 Å². The number of aromatic nitrogens is 2. The smallest absolute Gasteiger partial charge is 0.274 e. The van der Waals surface area contributed by atoms with Crippen LogP contribution < -0.4 is 5.56 Å². The van der Waals surface area contributed by atoms with Gasteiger partial charge in [-0.3, -0.25) is 9.59 Å². The molecule has 0 aliphatic rings. The molecule has 0 saturated heterocycles. The summed E-state index contributed by atoms with van der Waals surface area (Å²) in [6.07, 6.45) is 0. The third-order valence-electron chi connectivity index (χ3n) is 3.13. The van der Waals surface area contributed by atoms with Gasteiger partial charge < -0.3 is 14.1 Å². The van der Waals surface area contributed by atoms with Gasteiger partial charge in [0.1, 0.15) is 17.2 Å². The van der Waals surface area contributed by atoms with Crippen LogP contribution in [0.3, 0.4) is 0 Å². The first-order valence-corrected chi connectivity index (χ1v) is 6.89. The van der Waals surface area contributed by atoms with Gasteiger partial charge in [0.15, 0.2) is 0 Å². The average Bonchev–Trinajstić information content (AvgIpc) is 2.90. The lowest BCUT2D eigenvalue weighted by atomic mass is 10.3. The Balaban J connectivity index is 2.12. The fraction of sp³-hybridized carbons (Fsp3) is 0.400. The van der Waals surface area contributed by atoms with Gasteiger partial charge in [0.05, 0.1) is 19.7 Å². The third-order valence-corrected chi connectivity index (χ3v) is 3.13. The van der Waals surface area contributed by atoms with E-state index in [4.69, 9.17) is 9.15 Å². The van der Waals surface area contributed by atoms with Crippen LogP contribution >= 0.6 is 0 Å². The summed E-state index contributed by atoms with van der Waals surface area (Å²) in [5.41, 5.74) is -0.0561. The molecule has 0 spiro atoms. The van der Waals surface area contributed by atoms with Gasteiger partial charge >= 0.3 is 0 Å². The lowest BCUT2D eigenvalue weighted by Gasteiger charge is -2.15. The Kier molecular flexibility index (Phi) is 5.11. The first-order valence-electron chi connectivity index (χ1n) is 6.89. The summed E-state index contributed by atoms with van der Waals surface area (Å²) in [6.45, 7) is 2.84. The molecule has 0 aliphatic carbocycles. The van der Waals surface area contributed by atoms with Crippen molar-refractivity contribution in [3.05, 3.63) is 51.8 Å². The molecule has 2 heterocycles. The zero-order chi connectivity index (χ0) is 16.1. The fourth-order valence-corrected chi connectivity index (χ4v) is 1.97. The molecule has 1 amide bonds. The van der Waals surface area contributed by atoms with Crippen LogP contribution in [0.4, 0.5) is 0 Å². The Morgan fingerprint density at radius 2 is 2.14 bits per heavy atom. The van der Waals surface area contributed by atoms with Crippen molar-refractivity contribution in [2.75, 3.05) is 20.8 Å². The highest BCUT2D eigenvalue weighted by atomic mass is 16.5.